The van der Waals surface area contributed by atoms with Gasteiger partial charge in [-0.2, -0.15) is 0 Å². The zero-order valence-corrected chi connectivity index (χ0v) is 24.4. The van der Waals surface area contributed by atoms with Crippen LogP contribution in [-0.4, -0.2) is 36.1 Å². The number of benzene rings is 1. The number of ether oxygens (including phenoxy) is 8. The predicted molar refractivity (Wildman–Crippen MR) is 165 cm³/mol. The fraction of sp³-hybridized carbons (Fsp3) is 0.0588. The van der Waals surface area contributed by atoms with E-state index in [1.165, 1.54) is 12.5 Å². The highest BCUT2D eigenvalue weighted by molar-refractivity contribution is 5.82. The largest absolute Gasteiger partial charge is 0.486 e. The molecule has 0 bridgehead atoms. The molecule has 0 aliphatic heterocycles. The van der Waals surface area contributed by atoms with Gasteiger partial charge in [0, 0.05) is 24.3 Å². The van der Waals surface area contributed by atoms with Gasteiger partial charge >= 0.3 is 23.9 Å². The van der Waals surface area contributed by atoms with Gasteiger partial charge in [-0.25, -0.2) is 19.2 Å². The van der Waals surface area contributed by atoms with Crippen LogP contribution in [-0.2, 0) is 47.6 Å². The quantitative estimate of drug-likeness (QED) is 0.0872. The second-order valence-corrected chi connectivity index (χ2v) is 8.16. The molecule has 0 saturated heterocycles. The number of hydrogen-bond donors (Lipinski definition) is 0. The van der Waals surface area contributed by atoms with E-state index in [2.05, 4.69) is 26.3 Å². The van der Waals surface area contributed by atoms with Crippen LogP contribution in [0.1, 0.15) is 5.56 Å². The Labute approximate surface area is 265 Å². The molecule has 0 fully saturated rings. The van der Waals surface area contributed by atoms with Gasteiger partial charge in [0.2, 0.25) is 0 Å². The Kier molecular flexibility index (Phi) is 15.8. The van der Waals surface area contributed by atoms with Gasteiger partial charge in [0.1, 0.15) is 50.1 Å². The van der Waals surface area contributed by atoms with Crippen molar-refractivity contribution in [3.63, 3.8) is 0 Å². The smallest absolute Gasteiger partial charge is 0.335 e. The fourth-order valence-electron chi connectivity index (χ4n) is 3.04. The SMILES string of the molecule is C=CC(=O)O/C=C/Oc1ccc(/C=C/C2=CC(O/C=C/OC(=O)C=C)C(O/C=C/OC(=O)C=C)C=C2)cc1O/C=C/OC(=O)C=C. The van der Waals surface area contributed by atoms with E-state index in [0.717, 1.165) is 67.4 Å². The highest BCUT2D eigenvalue weighted by atomic mass is 16.6. The molecule has 1 aromatic carbocycles. The highest BCUT2D eigenvalue weighted by Crippen LogP contribution is 2.30. The fourth-order valence-corrected chi connectivity index (χ4v) is 3.04. The highest BCUT2D eigenvalue weighted by Gasteiger charge is 2.22. The Balaban J connectivity index is 2.25. The molecular weight excluding hydrogens is 600 g/mol. The Bertz CT molecular complexity index is 1500. The Morgan fingerprint density at radius 3 is 1.57 bits per heavy atom. The molecule has 0 N–H and O–H groups in total. The van der Waals surface area contributed by atoms with Crippen LogP contribution < -0.4 is 9.47 Å². The molecule has 2 atom stereocenters. The molecule has 0 radical (unpaired) electrons. The van der Waals surface area contributed by atoms with Crippen molar-refractivity contribution in [3.05, 3.63) is 154 Å². The summed E-state index contributed by atoms with van der Waals surface area (Å²) in [6.45, 7) is 13.2. The summed E-state index contributed by atoms with van der Waals surface area (Å²) >= 11 is 0. The van der Waals surface area contributed by atoms with Crippen molar-refractivity contribution in [3.8, 4) is 11.5 Å². The van der Waals surface area contributed by atoms with Crippen molar-refractivity contribution in [2.75, 3.05) is 0 Å². The molecule has 2 rings (SSSR count). The lowest BCUT2D eigenvalue weighted by molar-refractivity contribution is -0.133. The number of carbonyl (C=O) groups excluding carboxylic acids is 4. The molecule has 1 aromatic rings. The topological polar surface area (TPSA) is 142 Å². The van der Waals surface area contributed by atoms with Gasteiger partial charge in [0.15, 0.2) is 23.7 Å². The van der Waals surface area contributed by atoms with Gasteiger partial charge in [0.05, 0.1) is 0 Å². The Hall–Kier alpha value is -6.56. The number of rotatable bonds is 18. The molecule has 0 spiro atoms. The molecule has 46 heavy (non-hydrogen) atoms. The number of carbonyl (C=O) groups is 4. The van der Waals surface area contributed by atoms with E-state index in [4.69, 9.17) is 37.9 Å². The van der Waals surface area contributed by atoms with E-state index in [0.29, 0.717) is 5.56 Å². The van der Waals surface area contributed by atoms with Crippen molar-refractivity contribution in [2.24, 2.45) is 0 Å². The second kappa shape index (κ2) is 20.4. The lowest BCUT2D eigenvalue weighted by Crippen LogP contribution is -2.28. The zero-order valence-electron chi connectivity index (χ0n) is 24.4. The van der Waals surface area contributed by atoms with E-state index in [-0.39, 0.29) is 11.5 Å². The average Bonchev–Trinajstić information content (AvgIpc) is 3.08. The molecular formula is C34H30O12. The van der Waals surface area contributed by atoms with Gasteiger partial charge in [-0.3, -0.25) is 0 Å². The Morgan fingerprint density at radius 2 is 1.04 bits per heavy atom. The summed E-state index contributed by atoms with van der Waals surface area (Å²) in [4.78, 5) is 45.0. The van der Waals surface area contributed by atoms with Crippen LogP contribution >= 0.6 is 0 Å². The van der Waals surface area contributed by atoms with E-state index < -0.39 is 36.1 Å². The summed E-state index contributed by atoms with van der Waals surface area (Å²) in [5.74, 6) is -2.20. The van der Waals surface area contributed by atoms with Crippen LogP contribution in [0.5, 0.6) is 11.5 Å². The van der Waals surface area contributed by atoms with Crippen LogP contribution in [0.2, 0.25) is 0 Å². The maximum Gasteiger partial charge on any atom is 0.335 e. The zero-order chi connectivity index (χ0) is 33.6. The first-order valence-electron chi connectivity index (χ1n) is 13.1. The lowest BCUT2D eigenvalue weighted by atomic mass is 10.0. The number of allylic oxidation sites excluding steroid dienone is 3. The number of hydrogen-bond acceptors (Lipinski definition) is 12. The molecule has 2 unspecified atom stereocenters. The first-order valence-corrected chi connectivity index (χ1v) is 13.1. The van der Waals surface area contributed by atoms with Crippen molar-refractivity contribution in [1.29, 1.82) is 0 Å². The van der Waals surface area contributed by atoms with Crippen LogP contribution in [0, 0.1) is 0 Å². The van der Waals surface area contributed by atoms with E-state index in [1.807, 2.05) is 0 Å². The van der Waals surface area contributed by atoms with Gasteiger partial charge in [-0.15, -0.1) is 0 Å². The third kappa shape index (κ3) is 13.6. The predicted octanol–water partition coefficient (Wildman–Crippen LogP) is 5.53. The molecule has 0 amide bonds. The monoisotopic (exact) mass is 630 g/mol. The standard InChI is InChI=1S/C34H30O12/c1-5-31(35)43-19-15-39-27-13-11-25(23-29(27)41-17-21-45-33(37)7-3)9-10-26-12-14-28(40-16-20-44-32(36)6-2)30(24-26)42-18-22-46-34(38)8-4/h5-24,27,29H,1-4H2/b10-9+,19-15+,20-16+,21-17+,22-18+. The van der Waals surface area contributed by atoms with E-state index >= 15 is 0 Å². The van der Waals surface area contributed by atoms with Crippen LogP contribution in [0.3, 0.4) is 0 Å². The van der Waals surface area contributed by atoms with E-state index in [9.17, 15) is 19.2 Å². The maximum absolute atomic E-state index is 11.3. The van der Waals surface area contributed by atoms with Crippen molar-refractivity contribution < 1.29 is 57.1 Å². The summed E-state index contributed by atoms with van der Waals surface area (Å²) in [6, 6.07) is 4.96. The van der Waals surface area contributed by atoms with Crippen molar-refractivity contribution in [2.45, 2.75) is 12.2 Å². The van der Waals surface area contributed by atoms with Crippen LogP contribution in [0.15, 0.2) is 149 Å². The number of esters is 4. The molecule has 0 aromatic heterocycles. The molecule has 1 aliphatic rings. The molecule has 238 valence electrons. The molecule has 0 heterocycles. The minimum absolute atomic E-state index is 0.221. The molecule has 0 saturated carbocycles. The first-order chi connectivity index (χ1) is 22.3. The van der Waals surface area contributed by atoms with Gasteiger partial charge in [-0.1, -0.05) is 50.6 Å². The minimum Gasteiger partial charge on any atom is -0.486 e. The maximum atomic E-state index is 11.3. The summed E-state index contributed by atoms with van der Waals surface area (Å²) in [5, 5.41) is 0. The first kappa shape index (κ1) is 35.6. The summed E-state index contributed by atoms with van der Waals surface area (Å²) in [6.07, 6.45) is 20.2. The van der Waals surface area contributed by atoms with E-state index in [1.54, 1.807) is 48.6 Å². The molecule has 12 heteroatoms. The van der Waals surface area contributed by atoms with Crippen molar-refractivity contribution in [1.82, 2.24) is 0 Å². The van der Waals surface area contributed by atoms with Gasteiger partial charge < -0.3 is 37.9 Å². The molecule has 1 aliphatic carbocycles. The second-order valence-electron chi connectivity index (χ2n) is 8.16. The average molecular weight is 631 g/mol. The summed E-state index contributed by atoms with van der Waals surface area (Å²) in [5.41, 5.74) is 1.39. The van der Waals surface area contributed by atoms with Gasteiger partial charge in [0.25, 0.3) is 0 Å². The minimum atomic E-state index is -0.692. The third-order valence-electron chi connectivity index (χ3n) is 5.08. The van der Waals surface area contributed by atoms with Gasteiger partial charge in [-0.05, 0) is 35.4 Å². The van der Waals surface area contributed by atoms with Crippen LogP contribution in [0.25, 0.3) is 6.08 Å². The Morgan fingerprint density at radius 1 is 0.565 bits per heavy atom. The van der Waals surface area contributed by atoms with Crippen molar-refractivity contribution >= 4 is 30.0 Å². The lowest BCUT2D eigenvalue weighted by Gasteiger charge is -2.24. The molecule has 12 nitrogen and oxygen atoms in total. The summed E-state index contributed by atoms with van der Waals surface area (Å²) in [7, 11) is 0. The summed E-state index contributed by atoms with van der Waals surface area (Å²) < 4.78 is 41.4. The third-order valence-corrected chi connectivity index (χ3v) is 5.08. The normalized spacial score (nSPS) is 15.7. The van der Waals surface area contributed by atoms with Crippen LogP contribution in [0.4, 0.5) is 0 Å².